The molecule has 9 heavy (non-hydrogen) atoms. The zero-order valence-electron chi connectivity index (χ0n) is 6.30. The average Bonchev–Trinajstić information content (AvgIpc) is 2.37. The van der Waals surface area contributed by atoms with E-state index in [-0.39, 0.29) is 0 Å². The molecule has 0 fully saturated rings. The fraction of sp³-hybridized carbons (Fsp3) is 0.750. The monoisotopic (exact) mass is 125 g/mol. The fourth-order valence-corrected chi connectivity index (χ4v) is 1.22. The quantitative estimate of drug-likeness (QED) is 0.507. The zero-order valence-corrected chi connectivity index (χ0v) is 6.30. The SMILES string of the molecule is CCN(C)C1CC=CC1. The Kier molecular flexibility index (Phi) is 2.29. The van der Waals surface area contributed by atoms with Crippen molar-refractivity contribution < 1.29 is 0 Å². The molecule has 0 aliphatic heterocycles. The van der Waals surface area contributed by atoms with Crippen LogP contribution >= 0.6 is 0 Å². The molecule has 0 N–H and O–H groups in total. The third-order valence-electron chi connectivity index (χ3n) is 2.11. The summed E-state index contributed by atoms with van der Waals surface area (Å²) in [6.45, 7) is 3.38. The molecule has 0 radical (unpaired) electrons. The van der Waals surface area contributed by atoms with E-state index in [9.17, 15) is 0 Å². The molecule has 0 unspecified atom stereocenters. The van der Waals surface area contributed by atoms with Crippen LogP contribution in [0.1, 0.15) is 19.8 Å². The first-order chi connectivity index (χ1) is 4.34. The predicted molar refractivity (Wildman–Crippen MR) is 40.5 cm³/mol. The van der Waals surface area contributed by atoms with Gasteiger partial charge in [0.25, 0.3) is 0 Å². The fourth-order valence-electron chi connectivity index (χ4n) is 1.22. The Hall–Kier alpha value is -0.300. The van der Waals surface area contributed by atoms with Gasteiger partial charge in [0, 0.05) is 6.04 Å². The molecule has 1 rings (SSSR count). The summed E-state index contributed by atoms with van der Waals surface area (Å²) in [7, 11) is 2.19. The van der Waals surface area contributed by atoms with Crippen LogP contribution in [-0.2, 0) is 0 Å². The van der Waals surface area contributed by atoms with Crippen LogP contribution in [0.5, 0.6) is 0 Å². The maximum absolute atomic E-state index is 2.40. The van der Waals surface area contributed by atoms with Gasteiger partial charge in [-0.1, -0.05) is 19.1 Å². The van der Waals surface area contributed by atoms with E-state index in [2.05, 4.69) is 31.0 Å². The molecule has 0 saturated carbocycles. The third-order valence-corrected chi connectivity index (χ3v) is 2.11. The van der Waals surface area contributed by atoms with Gasteiger partial charge in [-0.3, -0.25) is 0 Å². The normalized spacial score (nSPS) is 19.9. The van der Waals surface area contributed by atoms with Crippen LogP contribution in [-0.4, -0.2) is 24.5 Å². The summed E-state index contributed by atoms with van der Waals surface area (Å²) in [5.41, 5.74) is 0. The molecule has 0 bridgehead atoms. The lowest BCUT2D eigenvalue weighted by atomic mass is 10.2. The highest BCUT2D eigenvalue weighted by molar-refractivity contribution is 4.97. The van der Waals surface area contributed by atoms with Crippen molar-refractivity contribution in [3.8, 4) is 0 Å². The smallest absolute Gasteiger partial charge is 0.0161 e. The van der Waals surface area contributed by atoms with Crippen molar-refractivity contribution in [3.63, 3.8) is 0 Å². The molecular weight excluding hydrogens is 110 g/mol. The lowest BCUT2D eigenvalue weighted by Crippen LogP contribution is -2.28. The molecule has 0 aromatic carbocycles. The van der Waals surface area contributed by atoms with Crippen LogP contribution in [0.2, 0.25) is 0 Å². The standard InChI is InChI=1S/C8H15N/c1-3-9(2)8-6-4-5-7-8/h4-5,8H,3,6-7H2,1-2H3. The minimum absolute atomic E-state index is 0.801. The summed E-state index contributed by atoms with van der Waals surface area (Å²) < 4.78 is 0. The van der Waals surface area contributed by atoms with Crippen molar-refractivity contribution in [1.29, 1.82) is 0 Å². The molecule has 0 heterocycles. The van der Waals surface area contributed by atoms with Gasteiger partial charge in [-0.25, -0.2) is 0 Å². The molecule has 1 nitrogen and oxygen atoms in total. The van der Waals surface area contributed by atoms with Gasteiger partial charge in [0.15, 0.2) is 0 Å². The highest BCUT2D eigenvalue weighted by Crippen LogP contribution is 2.14. The van der Waals surface area contributed by atoms with Crippen LogP contribution in [0.4, 0.5) is 0 Å². The summed E-state index contributed by atoms with van der Waals surface area (Å²) in [5, 5.41) is 0. The summed E-state index contributed by atoms with van der Waals surface area (Å²) in [6.07, 6.45) is 7.06. The Bertz CT molecular complexity index is 99.1. The molecule has 1 heteroatoms. The second-order valence-corrected chi connectivity index (χ2v) is 2.67. The Balaban J connectivity index is 2.27. The van der Waals surface area contributed by atoms with E-state index in [0.717, 1.165) is 6.04 Å². The summed E-state index contributed by atoms with van der Waals surface area (Å²) in [6, 6.07) is 0.801. The molecule has 52 valence electrons. The van der Waals surface area contributed by atoms with E-state index in [1.807, 2.05) is 0 Å². The first kappa shape index (κ1) is 6.81. The van der Waals surface area contributed by atoms with E-state index in [0.29, 0.717) is 0 Å². The minimum Gasteiger partial charge on any atom is -0.303 e. The average molecular weight is 125 g/mol. The van der Waals surface area contributed by atoms with Crippen LogP contribution in [0.15, 0.2) is 12.2 Å². The Labute approximate surface area is 57.4 Å². The number of hydrogen-bond acceptors (Lipinski definition) is 1. The van der Waals surface area contributed by atoms with Gasteiger partial charge < -0.3 is 4.90 Å². The van der Waals surface area contributed by atoms with E-state index >= 15 is 0 Å². The van der Waals surface area contributed by atoms with Gasteiger partial charge in [0.1, 0.15) is 0 Å². The van der Waals surface area contributed by atoms with Crippen molar-refractivity contribution >= 4 is 0 Å². The maximum Gasteiger partial charge on any atom is 0.0161 e. The van der Waals surface area contributed by atoms with Crippen LogP contribution < -0.4 is 0 Å². The lowest BCUT2D eigenvalue weighted by molar-refractivity contribution is 0.264. The minimum atomic E-state index is 0.801. The van der Waals surface area contributed by atoms with E-state index in [1.165, 1.54) is 19.4 Å². The molecule has 0 aromatic heterocycles. The molecule has 1 aliphatic carbocycles. The Morgan fingerprint density at radius 3 is 2.44 bits per heavy atom. The van der Waals surface area contributed by atoms with Crippen LogP contribution in [0, 0.1) is 0 Å². The van der Waals surface area contributed by atoms with Gasteiger partial charge in [0.2, 0.25) is 0 Å². The zero-order chi connectivity index (χ0) is 6.69. The molecule has 0 aromatic rings. The van der Waals surface area contributed by atoms with Gasteiger partial charge in [-0.15, -0.1) is 0 Å². The van der Waals surface area contributed by atoms with Gasteiger partial charge in [-0.2, -0.15) is 0 Å². The Morgan fingerprint density at radius 2 is 2.00 bits per heavy atom. The van der Waals surface area contributed by atoms with Crippen molar-refractivity contribution in [2.45, 2.75) is 25.8 Å². The topological polar surface area (TPSA) is 3.24 Å². The molecule has 1 aliphatic rings. The van der Waals surface area contributed by atoms with Gasteiger partial charge >= 0.3 is 0 Å². The lowest BCUT2D eigenvalue weighted by Gasteiger charge is -2.21. The highest BCUT2D eigenvalue weighted by atomic mass is 15.1. The number of rotatable bonds is 2. The van der Waals surface area contributed by atoms with Crippen molar-refractivity contribution in [1.82, 2.24) is 4.90 Å². The molecule has 0 spiro atoms. The molecular formula is C8H15N. The second-order valence-electron chi connectivity index (χ2n) is 2.67. The van der Waals surface area contributed by atoms with E-state index in [1.54, 1.807) is 0 Å². The van der Waals surface area contributed by atoms with Crippen molar-refractivity contribution in [2.75, 3.05) is 13.6 Å². The molecule has 0 amide bonds. The van der Waals surface area contributed by atoms with Gasteiger partial charge in [0.05, 0.1) is 0 Å². The summed E-state index contributed by atoms with van der Waals surface area (Å²) in [4.78, 5) is 2.40. The largest absolute Gasteiger partial charge is 0.303 e. The first-order valence-corrected chi connectivity index (χ1v) is 3.70. The van der Waals surface area contributed by atoms with Crippen molar-refractivity contribution in [3.05, 3.63) is 12.2 Å². The van der Waals surface area contributed by atoms with E-state index < -0.39 is 0 Å². The predicted octanol–water partition coefficient (Wildman–Crippen LogP) is 1.66. The summed E-state index contributed by atoms with van der Waals surface area (Å²) >= 11 is 0. The molecule has 0 atom stereocenters. The van der Waals surface area contributed by atoms with Crippen molar-refractivity contribution in [2.24, 2.45) is 0 Å². The Morgan fingerprint density at radius 1 is 1.44 bits per heavy atom. The number of hydrogen-bond donors (Lipinski definition) is 0. The summed E-state index contributed by atoms with van der Waals surface area (Å²) in [5.74, 6) is 0. The number of nitrogens with zero attached hydrogens (tertiary/aromatic N) is 1. The third kappa shape index (κ3) is 1.55. The molecule has 0 saturated heterocycles. The van der Waals surface area contributed by atoms with E-state index in [4.69, 9.17) is 0 Å². The van der Waals surface area contributed by atoms with Crippen LogP contribution in [0.3, 0.4) is 0 Å². The first-order valence-electron chi connectivity index (χ1n) is 3.70. The van der Waals surface area contributed by atoms with Crippen LogP contribution in [0.25, 0.3) is 0 Å². The highest BCUT2D eigenvalue weighted by Gasteiger charge is 2.12. The van der Waals surface area contributed by atoms with Gasteiger partial charge in [-0.05, 0) is 26.4 Å². The second kappa shape index (κ2) is 3.02. The maximum atomic E-state index is 2.40.